The molecule has 0 heterocycles. The third kappa shape index (κ3) is 3.74. The van der Waals surface area contributed by atoms with Crippen molar-refractivity contribution in [2.75, 3.05) is 18.5 Å². The van der Waals surface area contributed by atoms with Crippen LogP contribution in [-0.2, 0) is 4.79 Å². The van der Waals surface area contributed by atoms with Gasteiger partial charge in [-0.25, -0.2) is 0 Å². The normalized spacial score (nSPS) is 11.9. The van der Waals surface area contributed by atoms with E-state index in [-0.39, 0.29) is 11.9 Å². The summed E-state index contributed by atoms with van der Waals surface area (Å²) < 4.78 is 0. The Balaban J connectivity index is 1.64. The van der Waals surface area contributed by atoms with E-state index < -0.39 is 0 Å². The minimum absolute atomic E-state index is 0.00343. The summed E-state index contributed by atoms with van der Waals surface area (Å²) in [6.07, 6.45) is 0. The molecule has 0 saturated heterocycles. The highest BCUT2D eigenvalue weighted by molar-refractivity contribution is 5.87. The van der Waals surface area contributed by atoms with Crippen LogP contribution in [0.2, 0.25) is 0 Å². The van der Waals surface area contributed by atoms with Crippen molar-refractivity contribution in [1.29, 1.82) is 0 Å². The fourth-order valence-corrected chi connectivity index (χ4v) is 2.83. The van der Waals surface area contributed by atoms with E-state index in [1.807, 2.05) is 61.3 Å². The molecule has 0 aliphatic rings. The van der Waals surface area contributed by atoms with Crippen LogP contribution in [-0.4, -0.2) is 19.5 Å². The first-order valence-corrected chi connectivity index (χ1v) is 8.18. The van der Waals surface area contributed by atoms with Crippen LogP contribution in [0, 0.1) is 0 Å². The third-order valence-electron chi connectivity index (χ3n) is 4.23. The summed E-state index contributed by atoms with van der Waals surface area (Å²) in [6, 6.07) is 24.5. The average Bonchev–Trinajstić information content (AvgIpc) is 2.61. The predicted molar refractivity (Wildman–Crippen MR) is 100 cm³/mol. The lowest BCUT2D eigenvalue weighted by atomic mass is 10.1. The van der Waals surface area contributed by atoms with Crippen LogP contribution in [0.3, 0.4) is 0 Å². The number of carbonyl (C=O) groups excluding carboxylic acids is 1. The van der Waals surface area contributed by atoms with Crippen LogP contribution >= 0.6 is 0 Å². The predicted octanol–water partition coefficient (Wildman–Crippen LogP) is 4.15. The van der Waals surface area contributed by atoms with Crippen LogP contribution in [0.1, 0.15) is 18.5 Å². The maximum absolute atomic E-state index is 12.3. The number of fused-ring (bicyclic) bond motifs is 1. The summed E-state index contributed by atoms with van der Waals surface area (Å²) in [4.78, 5) is 14.3. The molecule has 0 bridgehead atoms. The van der Waals surface area contributed by atoms with Crippen molar-refractivity contribution in [3.63, 3.8) is 0 Å². The van der Waals surface area contributed by atoms with Gasteiger partial charge in [-0.1, -0.05) is 60.7 Å². The smallest absolute Gasteiger partial charge is 0.239 e. The highest BCUT2D eigenvalue weighted by Gasteiger charge is 2.12. The van der Waals surface area contributed by atoms with E-state index >= 15 is 0 Å². The first kappa shape index (κ1) is 16.1. The highest BCUT2D eigenvalue weighted by atomic mass is 16.2. The molecule has 0 aliphatic heterocycles. The number of nitrogens with zero attached hydrogens (tertiary/aromatic N) is 1. The molecule has 24 heavy (non-hydrogen) atoms. The van der Waals surface area contributed by atoms with Gasteiger partial charge in [0.25, 0.3) is 0 Å². The molecule has 3 rings (SSSR count). The van der Waals surface area contributed by atoms with Crippen molar-refractivity contribution < 1.29 is 4.79 Å². The second kappa shape index (κ2) is 7.18. The van der Waals surface area contributed by atoms with Gasteiger partial charge < -0.3 is 10.2 Å². The molecule has 0 fully saturated rings. The second-order valence-corrected chi connectivity index (χ2v) is 6.09. The van der Waals surface area contributed by atoms with E-state index in [0.717, 1.165) is 11.3 Å². The lowest BCUT2D eigenvalue weighted by Gasteiger charge is -2.21. The summed E-state index contributed by atoms with van der Waals surface area (Å²) in [6.45, 7) is 2.33. The molecule has 1 amide bonds. The fourth-order valence-electron chi connectivity index (χ4n) is 2.83. The molecule has 3 aromatic rings. The number of amides is 1. The molecule has 1 atom stereocenters. The average molecular weight is 318 g/mol. The molecule has 0 spiro atoms. The Hall–Kier alpha value is -2.81. The number of carbonyl (C=O) groups is 1. The van der Waals surface area contributed by atoms with Crippen molar-refractivity contribution in [3.05, 3.63) is 78.4 Å². The first-order chi connectivity index (χ1) is 11.6. The van der Waals surface area contributed by atoms with Crippen LogP contribution in [0.15, 0.2) is 72.8 Å². The summed E-state index contributed by atoms with van der Waals surface area (Å²) in [7, 11) is 1.94. The van der Waals surface area contributed by atoms with Crippen molar-refractivity contribution in [2.24, 2.45) is 0 Å². The molecule has 0 aromatic heterocycles. The minimum atomic E-state index is 0.00343. The highest BCUT2D eigenvalue weighted by Crippen LogP contribution is 2.21. The van der Waals surface area contributed by atoms with Crippen LogP contribution in [0.25, 0.3) is 10.8 Å². The molecule has 3 nitrogen and oxygen atoms in total. The summed E-state index contributed by atoms with van der Waals surface area (Å²) >= 11 is 0. The Labute approximate surface area is 142 Å². The summed E-state index contributed by atoms with van der Waals surface area (Å²) in [5.74, 6) is 0.0158. The lowest BCUT2D eigenvalue weighted by molar-refractivity contribution is -0.120. The topological polar surface area (TPSA) is 32.3 Å². The van der Waals surface area contributed by atoms with Crippen LogP contribution in [0.5, 0.6) is 0 Å². The molecule has 3 heteroatoms. The lowest BCUT2D eigenvalue weighted by Crippen LogP contribution is -2.36. The second-order valence-electron chi connectivity index (χ2n) is 6.09. The molecule has 122 valence electrons. The maximum atomic E-state index is 12.3. The SMILES string of the molecule is C[C@@H](NC(=O)CN(C)c1ccc2ccccc2c1)c1ccccc1. The number of likely N-dealkylation sites (N-methyl/N-ethyl adjacent to an activating group) is 1. The molecular weight excluding hydrogens is 296 g/mol. The zero-order valence-corrected chi connectivity index (χ0v) is 14.1. The molecule has 0 aliphatic carbocycles. The zero-order chi connectivity index (χ0) is 16.9. The minimum Gasteiger partial charge on any atom is -0.365 e. The van der Waals surface area contributed by atoms with Gasteiger partial charge in [-0.3, -0.25) is 4.79 Å². The number of nitrogens with one attached hydrogen (secondary N) is 1. The largest absolute Gasteiger partial charge is 0.365 e. The summed E-state index contributed by atoms with van der Waals surface area (Å²) in [5.41, 5.74) is 2.15. The Morgan fingerprint density at radius 2 is 1.62 bits per heavy atom. The monoisotopic (exact) mass is 318 g/mol. The van der Waals surface area contributed by atoms with E-state index in [9.17, 15) is 4.79 Å². The van der Waals surface area contributed by atoms with Crippen molar-refractivity contribution in [2.45, 2.75) is 13.0 Å². The number of benzene rings is 3. The van der Waals surface area contributed by atoms with E-state index in [0.29, 0.717) is 6.54 Å². The van der Waals surface area contributed by atoms with Crippen molar-refractivity contribution in [3.8, 4) is 0 Å². The van der Waals surface area contributed by atoms with Crippen molar-refractivity contribution in [1.82, 2.24) is 5.32 Å². The van der Waals surface area contributed by atoms with Gasteiger partial charge in [0.1, 0.15) is 0 Å². The van der Waals surface area contributed by atoms with Crippen LogP contribution in [0.4, 0.5) is 5.69 Å². The van der Waals surface area contributed by atoms with Gasteiger partial charge in [-0.15, -0.1) is 0 Å². The van der Waals surface area contributed by atoms with Crippen LogP contribution < -0.4 is 10.2 Å². The zero-order valence-electron chi connectivity index (χ0n) is 14.1. The van der Waals surface area contributed by atoms with E-state index in [1.165, 1.54) is 10.8 Å². The Morgan fingerprint density at radius 1 is 0.958 bits per heavy atom. The molecule has 1 N–H and O–H groups in total. The van der Waals surface area contributed by atoms with Gasteiger partial charge in [-0.2, -0.15) is 0 Å². The standard InChI is InChI=1S/C21H22N2O/c1-16(17-8-4-3-5-9-17)22-21(24)15-23(2)20-13-12-18-10-6-7-11-19(18)14-20/h3-14,16H,15H2,1-2H3,(H,22,24)/t16-/m1/s1. The molecule has 0 saturated carbocycles. The first-order valence-electron chi connectivity index (χ1n) is 8.18. The van der Waals surface area contributed by atoms with Gasteiger partial charge in [0, 0.05) is 12.7 Å². The Morgan fingerprint density at radius 3 is 2.38 bits per heavy atom. The van der Waals surface area contributed by atoms with Gasteiger partial charge >= 0.3 is 0 Å². The number of anilines is 1. The number of rotatable bonds is 5. The van der Waals surface area contributed by atoms with Gasteiger partial charge in [0.2, 0.25) is 5.91 Å². The van der Waals surface area contributed by atoms with Gasteiger partial charge in [0.05, 0.1) is 12.6 Å². The van der Waals surface area contributed by atoms with Crippen molar-refractivity contribution >= 4 is 22.4 Å². The maximum Gasteiger partial charge on any atom is 0.239 e. The summed E-state index contributed by atoms with van der Waals surface area (Å²) in [5, 5.41) is 5.44. The van der Waals surface area contributed by atoms with E-state index in [1.54, 1.807) is 0 Å². The van der Waals surface area contributed by atoms with Gasteiger partial charge in [-0.05, 0) is 35.4 Å². The molecule has 0 radical (unpaired) electrons. The number of hydrogen-bond donors (Lipinski definition) is 1. The van der Waals surface area contributed by atoms with E-state index in [4.69, 9.17) is 0 Å². The fraction of sp³-hybridized carbons (Fsp3) is 0.190. The van der Waals surface area contributed by atoms with Gasteiger partial charge in [0.15, 0.2) is 0 Å². The molecule has 0 unspecified atom stereocenters. The Bertz CT molecular complexity index is 829. The molecule has 3 aromatic carbocycles. The van der Waals surface area contributed by atoms with E-state index in [2.05, 4.69) is 35.6 Å². The Kier molecular flexibility index (Phi) is 4.80. The molecular formula is C21H22N2O. The third-order valence-corrected chi connectivity index (χ3v) is 4.23. The number of hydrogen-bond acceptors (Lipinski definition) is 2. The quantitative estimate of drug-likeness (QED) is 0.766.